The molecule has 2 rings (SSSR count). The zero-order valence-electron chi connectivity index (χ0n) is 12.0. The van der Waals surface area contributed by atoms with Crippen LogP contribution in [-0.4, -0.2) is 13.1 Å². The zero-order chi connectivity index (χ0) is 16.5. The Balaban J connectivity index is 2.63. The molecule has 0 aliphatic carbocycles. The normalized spacial score (nSPS) is 11.3. The minimum Gasteiger partial charge on any atom is -0.465 e. The van der Waals surface area contributed by atoms with E-state index in [1.54, 1.807) is 6.92 Å². The first-order valence-electron chi connectivity index (χ1n) is 6.40. The van der Waals surface area contributed by atoms with Crippen LogP contribution in [0.4, 0.5) is 18.9 Å². The largest absolute Gasteiger partial charge is 0.465 e. The summed E-state index contributed by atoms with van der Waals surface area (Å²) >= 11 is 0. The number of alkyl halides is 3. The van der Waals surface area contributed by atoms with Crippen molar-refractivity contribution < 1.29 is 22.7 Å². The summed E-state index contributed by atoms with van der Waals surface area (Å²) in [6.07, 6.45) is -4.56. The van der Waals surface area contributed by atoms with E-state index in [0.717, 1.165) is 0 Å². The average molecular weight is 309 g/mol. The van der Waals surface area contributed by atoms with Crippen molar-refractivity contribution >= 4 is 11.7 Å². The molecule has 0 saturated carbocycles. The molecule has 2 aromatic rings. The summed E-state index contributed by atoms with van der Waals surface area (Å²) in [6.45, 7) is 1.63. The first kappa shape index (κ1) is 15.9. The molecule has 0 bridgehead atoms. The van der Waals surface area contributed by atoms with Gasteiger partial charge in [0.2, 0.25) is 0 Å². The molecule has 22 heavy (non-hydrogen) atoms. The van der Waals surface area contributed by atoms with Crippen LogP contribution < -0.4 is 5.73 Å². The number of halogens is 3. The third kappa shape index (κ3) is 2.90. The van der Waals surface area contributed by atoms with Gasteiger partial charge in [0.25, 0.3) is 0 Å². The minimum atomic E-state index is -4.56. The van der Waals surface area contributed by atoms with Crippen LogP contribution in [0, 0.1) is 6.92 Å². The Morgan fingerprint density at radius 3 is 2.36 bits per heavy atom. The number of nitrogens with two attached hydrogens (primary N) is 1. The van der Waals surface area contributed by atoms with E-state index in [1.807, 2.05) is 0 Å². The SMILES string of the molecule is COC(=O)c1ccc(-c2cccc(N)c2C(F)(F)F)c(C)c1. The molecule has 0 aliphatic rings. The number of aryl methyl sites for hydroxylation is 1. The highest BCUT2D eigenvalue weighted by molar-refractivity contribution is 5.91. The molecular weight excluding hydrogens is 295 g/mol. The van der Waals surface area contributed by atoms with Crippen molar-refractivity contribution in [1.82, 2.24) is 0 Å². The van der Waals surface area contributed by atoms with Gasteiger partial charge < -0.3 is 10.5 Å². The third-order valence-corrected chi connectivity index (χ3v) is 3.32. The number of hydrogen-bond acceptors (Lipinski definition) is 3. The molecule has 0 saturated heterocycles. The Morgan fingerprint density at radius 1 is 1.14 bits per heavy atom. The van der Waals surface area contributed by atoms with Gasteiger partial charge in [-0.3, -0.25) is 0 Å². The molecule has 0 fully saturated rings. The van der Waals surface area contributed by atoms with Gasteiger partial charge >= 0.3 is 12.1 Å². The van der Waals surface area contributed by atoms with Crippen molar-refractivity contribution in [3.63, 3.8) is 0 Å². The highest BCUT2D eigenvalue weighted by Gasteiger charge is 2.36. The predicted molar refractivity (Wildman–Crippen MR) is 77.4 cm³/mol. The fourth-order valence-electron chi connectivity index (χ4n) is 2.32. The summed E-state index contributed by atoms with van der Waals surface area (Å²) in [5.74, 6) is -0.543. The Hall–Kier alpha value is -2.50. The zero-order valence-corrected chi connectivity index (χ0v) is 12.0. The van der Waals surface area contributed by atoms with Crippen LogP contribution in [-0.2, 0) is 10.9 Å². The molecule has 0 spiro atoms. The molecule has 2 aromatic carbocycles. The summed E-state index contributed by atoms with van der Waals surface area (Å²) in [5, 5.41) is 0. The van der Waals surface area contributed by atoms with Gasteiger partial charge in [-0.05, 0) is 41.8 Å². The van der Waals surface area contributed by atoms with Gasteiger partial charge in [0.05, 0.1) is 18.2 Å². The molecule has 0 radical (unpaired) electrons. The Kier molecular flexibility index (Phi) is 4.12. The second kappa shape index (κ2) is 5.71. The number of esters is 1. The molecule has 0 unspecified atom stereocenters. The number of hydrogen-bond donors (Lipinski definition) is 1. The van der Waals surface area contributed by atoms with Gasteiger partial charge in [0, 0.05) is 5.69 Å². The van der Waals surface area contributed by atoms with Crippen LogP contribution in [0.25, 0.3) is 11.1 Å². The van der Waals surface area contributed by atoms with Crippen LogP contribution >= 0.6 is 0 Å². The van der Waals surface area contributed by atoms with Crippen molar-refractivity contribution in [1.29, 1.82) is 0 Å². The number of methoxy groups -OCH3 is 1. The van der Waals surface area contributed by atoms with Crippen LogP contribution in [0.5, 0.6) is 0 Å². The standard InChI is InChI=1S/C16H14F3NO2/c1-9-8-10(15(21)22-2)6-7-11(9)12-4-3-5-13(20)14(12)16(17,18)19/h3-8H,20H2,1-2H3. The lowest BCUT2D eigenvalue weighted by atomic mass is 9.93. The monoisotopic (exact) mass is 309 g/mol. The Labute approximate surface area is 125 Å². The van der Waals surface area contributed by atoms with Crippen molar-refractivity contribution in [3.8, 4) is 11.1 Å². The van der Waals surface area contributed by atoms with Crippen LogP contribution in [0.3, 0.4) is 0 Å². The Bertz CT molecular complexity index is 724. The van der Waals surface area contributed by atoms with Gasteiger partial charge in [-0.25, -0.2) is 4.79 Å². The first-order valence-corrected chi connectivity index (χ1v) is 6.40. The van der Waals surface area contributed by atoms with Crippen LogP contribution in [0.1, 0.15) is 21.5 Å². The third-order valence-electron chi connectivity index (χ3n) is 3.32. The lowest BCUT2D eigenvalue weighted by molar-refractivity contribution is -0.136. The lowest BCUT2D eigenvalue weighted by Gasteiger charge is -2.17. The van der Waals surface area contributed by atoms with Gasteiger partial charge in [0.15, 0.2) is 0 Å². The molecule has 0 aromatic heterocycles. The number of anilines is 1. The molecule has 2 N–H and O–H groups in total. The maximum atomic E-state index is 13.2. The summed E-state index contributed by atoms with van der Waals surface area (Å²) in [5.41, 5.74) is 5.46. The van der Waals surface area contributed by atoms with E-state index >= 15 is 0 Å². The summed E-state index contributed by atoms with van der Waals surface area (Å²) in [6, 6.07) is 8.42. The smallest absolute Gasteiger partial charge is 0.418 e. The quantitative estimate of drug-likeness (QED) is 0.672. The summed E-state index contributed by atoms with van der Waals surface area (Å²) in [7, 11) is 1.24. The van der Waals surface area contributed by atoms with E-state index in [1.165, 1.54) is 43.5 Å². The van der Waals surface area contributed by atoms with Gasteiger partial charge in [-0.1, -0.05) is 18.2 Å². The van der Waals surface area contributed by atoms with Crippen LogP contribution in [0.2, 0.25) is 0 Å². The number of rotatable bonds is 2. The number of carbonyl (C=O) groups is 1. The van der Waals surface area contributed by atoms with Gasteiger partial charge in [0.1, 0.15) is 0 Å². The minimum absolute atomic E-state index is 0.0126. The summed E-state index contributed by atoms with van der Waals surface area (Å²) in [4.78, 5) is 11.5. The van der Waals surface area contributed by atoms with E-state index in [2.05, 4.69) is 4.74 Å². The summed E-state index contributed by atoms with van der Waals surface area (Å²) < 4.78 is 44.3. The van der Waals surface area contributed by atoms with E-state index in [-0.39, 0.29) is 16.8 Å². The van der Waals surface area contributed by atoms with E-state index < -0.39 is 17.7 Å². The van der Waals surface area contributed by atoms with Gasteiger partial charge in [-0.15, -0.1) is 0 Å². The second-order valence-corrected chi connectivity index (χ2v) is 4.79. The maximum absolute atomic E-state index is 13.2. The number of benzene rings is 2. The van der Waals surface area contributed by atoms with E-state index in [4.69, 9.17) is 5.73 Å². The molecular formula is C16H14F3NO2. The number of nitrogen functional groups attached to an aromatic ring is 1. The van der Waals surface area contributed by atoms with E-state index in [0.29, 0.717) is 11.1 Å². The molecule has 0 aliphatic heterocycles. The maximum Gasteiger partial charge on any atom is 0.418 e. The second-order valence-electron chi connectivity index (χ2n) is 4.79. The molecule has 3 nitrogen and oxygen atoms in total. The van der Waals surface area contributed by atoms with Crippen molar-refractivity contribution in [2.24, 2.45) is 0 Å². The highest BCUT2D eigenvalue weighted by atomic mass is 19.4. The van der Waals surface area contributed by atoms with Crippen molar-refractivity contribution in [2.75, 3.05) is 12.8 Å². The molecule has 116 valence electrons. The predicted octanol–water partition coefficient (Wildman–Crippen LogP) is 4.05. The lowest BCUT2D eigenvalue weighted by Crippen LogP contribution is -2.11. The van der Waals surface area contributed by atoms with Crippen molar-refractivity contribution in [3.05, 3.63) is 53.1 Å². The molecule has 6 heteroatoms. The number of carbonyl (C=O) groups excluding carboxylic acids is 1. The van der Waals surface area contributed by atoms with Crippen molar-refractivity contribution in [2.45, 2.75) is 13.1 Å². The molecule has 0 atom stereocenters. The fourth-order valence-corrected chi connectivity index (χ4v) is 2.32. The van der Waals surface area contributed by atoms with Gasteiger partial charge in [-0.2, -0.15) is 13.2 Å². The molecule has 0 heterocycles. The number of ether oxygens (including phenoxy) is 1. The van der Waals surface area contributed by atoms with E-state index in [9.17, 15) is 18.0 Å². The fraction of sp³-hybridized carbons (Fsp3) is 0.188. The molecule has 0 amide bonds. The average Bonchev–Trinajstić information content (AvgIpc) is 2.44. The first-order chi connectivity index (χ1) is 10.3. The Morgan fingerprint density at radius 2 is 1.82 bits per heavy atom. The highest BCUT2D eigenvalue weighted by Crippen LogP contribution is 2.41. The van der Waals surface area contributed by atoms with Crippen LogP contribution in [0.15, 0.2) is 36.4 Å². The topological polar surface area (TPSA) is 52.3 Å².